The number of aromatic nitrogens is 1. The van der Waals surface area contributed by atoms with Crippen LogP contribution in [0, 0.1) is 35.0 Å². The molecule has 0 bridgehead atoms. The second-order valence-electron chi connectivity index (χ2n) is 13.4. The summed E-state index contributed by atoms with van der Waals surface area (Å²) in [5, 5.41) is 10.8. The molecule has 2 heterocycles. The summed E-state index contributed by atoms with van der Waals surface area (Å²) in [6.45, 7) is 2.35. The van der Waals surface area contributed by atoms with E-state index >= 15 is 0 Å². The second kappa shape index (κ2) is 10.1. The number of allylic oxidation sites excluding steroid dienone is 9. The van der Waals surface area contributed by atoms with E-state index in [1.165, 1.54) is 66.4 Å². The van der Waals surface area contributed by atoms with Gasteiger partial charge in [0.25, 0.3) is 0 Å². The molecular formula is C38H41N3. The highest BCUT2D eigenvalue weighted by Crippen LogP contribution is 2.50. The number of likely N-dealkylation sites (tertiary alicyclic amines) is 1. The van der Waals surface area contributed by atoms with Crippen molar-refractivity contribution in [2.45, 2.75) is 83.2 Å². The number of para-hydroxylation sites is 1. The van der Waals surface area contributed by atoms with Gasteiger partial charge in [0.15, 0.2) is 0 Å². The first-order valence-electron chi connectivity index (χ1n) is 16.2. The molecule has 3 nitrogen and oxygen atoms in total. The average Bonchev–Trinajstić information content (AvgIpc) is 3.53. The minimum Gasteiger partial charge on any atom is -0.361 e. The number of rotatable bonds is 3. The highest BCUT2D eigenvalue weighted by atomic mass is 15.2. The predicted octanol–water partition coefficient (Wildman–Crippen LogP) is 8.97. The molecule has 1 aliphatic heterocycles. The van der Waals surface area contributed by atoms with Gasteiger partial charge in [-0.3, -0.25) is 0 Å². The molecule has 0 radical (unpaired) electrons. The number of nitrogens with zero attached hydrogens (tertiary/aromatic N) is 3. The quantitative estimate of drug-likeness (QED) is 0.390. The molecule has 6 atom stereocenters. The van der Waals surface area contributed by atoms with Crippen molar-refractivity contribution in [3.63, 3.8) is 0 Å². The summed E-state index contributed by atoms with van der Waals surface area (Å²) in [5.41, 5.74) is 9.89. The monoisotopic (exact) mass is 539 g/mol. The molecule has 3 heteroatoms. The molecule has 41 heavy (non-hydrogen) atoms. The Labute approximate surface area is 244 Å². The fourth-order valence-electron chi connectivity index (χ4n) is 9.31. The zero-order valence-corrected chi connectivity index (χ0v) is 24.3. The number of nitriles is 1. The minimum absolute atomic E-state index is 0.412. The maximum Gasteiger partial charge on any atom is 0.0943 e. The van der Waals surface area contributed by atoms with Gasteiger partial charge in [0.1, 0.15) is 0 Å². The third-order valence-electron chi connectivity index (χ3n) is 11.2. The van der Waals surface area contributed by atoms with E-state index in [0.29, 0.717) is 29.8 Å². The van der Waals surface area contributed by atoms with E-state index in [2.05, 4.69) is 95.3 Å². The molecular weight excluding hydrogens is 498 g/mol. The van der Waals surface area contributed by atoms with E-state index in [1.807, 2.05) is 0 Å². The predicted molar refractivity (Wildman–Crippen MR) is 169 cm³/mol. The van der Waals surface area contributed by atoms with Crippen molar-refractivity contribution < 1.29 is 0 Å². The van der Waals surface area contributed by atoms with Gasteiger partial charge in [-0.2, -0.15) is 5.26 Å². The Morgan fingerprint density at radius 1 is 0.951 bits per heavy atom. The smallest absolute Gasteiger partial charge is 0.0943 e. The first-order chi connectivity index (χ1) is 20.2. The van der Waals surface area contributed by atoms with Crippen LogP contribution in [0.3, 0.4) is 0 Å². The van der Waals surface area contributed by atoms with Crippen molar-refractivity contribution in [2.24, 2.45) is 23.7 Å². The molecule has 1 saturated carbocycles. The topological polar surface area (TPSA) is 32.0 Å². The van der Waals surface area contributed by atoms with Gasteiger partial charge in [0, 0.05) is 52.0 Å². The molecule has 5 aliphatic carbocycles. The van der Waals surface area contributed by atoms with E-state index in [0.717, 1.165) is 37.2 Å². The van der Waals surface area contributed by atoms with Crippen molar-refractivity contribution in [2.75, 3.05) is 0 Å². The number of hydrogen-bond donors (Lipinski definition) is 0. The van der Waals surface area contributed by atoms with Gasteiger partial charge >= 0.3 is 0 Å². The normalized spacial score (nSPS) is 32.3. The highest BCUT2D eigenvalue weighted by molar-refractivity contribution is 5.94. The summed E-state index contributed by atoms with van der Waals surface area (Å²) in [7, 11) is 0. The Hall–Kier alpha value is -3.51. The van der Waals surface area contributed by atoms with Crippen LogP contribution in [-0.2, 0) is 6.42 Å². The van der Waals surface area contributed by atoms with E-state index in [9.17, 15) is 5.26 Å². The lowest BCUT2D eigenvalue weighted by molar-refractivity contribution is 0.174. The number of benzene rings is 1. The number of fused-ring (bicyclic) bond motifs is 6. The molecule has 0 spiro atoms. The molecule has 0 amide bonds. The van der Waals surface area contributed by atoms with Crippen molar-refractivity contribution >= 4 is 22.7 Å². The van der Waals surface area contributed by atoms with E-state index in [4.69, 9.17) is 0 Å². The standard InChI is InChI=1S/C38H41N3/c1-25-21-26(24-39)17-19-30(25)27-9-8-10-28(22-27)41-37-16-7-4-13-33(37)34-20-18-29(23-38(34)41)40-35-14-5-2-11-31(35)32-12-3-6-15-36(32)40/h4,7-11,13-14,16-18,20,25,27,29-30,32,36H,2-3,5-6,12,15,19,21-23H2,1H3. The Bertz CT molecular complexity index is 1610. The molecule has 1 aromatic carbocycles. The Kier molecular flexibility index (Phi) is 6.21. The lowest BCUT2D eigenvalue weighted by Gasteiger charge is -2.39. The molecule has 6 unspecified atom stereocenters. The Balaban J connectivity index is 1.15. The van der Waals surface area contributed by atoms with Crippen LogP contribution in [0.1, 0.15) is 76.0 Å². The van der Waals surface area contributed by atoms with Crippen molar-refractivity contribution in [1.29, 1.82) is 5.26 Å². The van der Waals surface area contributed by atoms with Crippen LogP contribution in [0.5, 0.6) is 0 Å². The lowest BCUT2D eigenvalue weighted by atomic mass is 9.71. The molecule has 1 aromatic heterocycles. The van der Waals surface area contributed by atoms with Crippen LogP contribution < -0.4 is 0 Å². The van der Waals surface area contributed by atoms with Crippen molar-refractivity contribution in [1.82, 2.24) is 9.47 Å². The minimum atomic E-state index is 0.412. The van der Waals surface area contributed by atoms with Gasteiger partial charge in [0.2, 0.25) is 0 Å². The molecule has 208 valence electrons. The number of hydrogen-bond acceptors (Lipinski definition) is 2. The summed E-state index contributed by atoms with van der Waals surface area (Å²) in [5.74, 6) is 2.37. The Morgan fingerprint density at radius 3 is 2.73 bits per heavy atom. The summed E-state index contributed by atoms with van der Waals surface area (Å²) in [6.07, 6.45) is 31.4. The third-order valence-corrected chi connectivity index (χ3v) is 11.2. The van der Waals surface area contributed by atoms with Gasteiger partial charge in [-0.25, -0.2) is 0 Å². The first kappa shape index (κ1) is 25.2. The summed E-state index contributed by atoms with van der Waals surface area (Å²) < 4.78 is 2.64. The molecule has 6 aliphatic rings. The average molecular weight is 540 g/mol. The van der Waals surface area contributed by atoms with E-state index in [-0.39, 0.29) is 0 Å². The van der Waals surface area contributed by atoms with Crippen molar-refractivity contribution in [3.8, 4) is 6.07 Å². The van der Waals surface area contributed by atoms with Crippen LogP contribution >= 0.6 is 0 Å². The van der Waals surface area contributed by atoms with Crippen LogP contribution in [0.4, 0.5) is 0 Å². The fourth-order valence-corrected chi connectivity index (χ4v) is 9.31. The van der Waals surface area contributed by atoms with Crippen LogP contribution in [-0.4, -0.2) is 21.6 Å². The second-order valence-corrected chi connectivity index (χ2v) is 13.4. The van der Waals surface area contributed by atoms with Gasteiger partial charge in [-0.05, 0) is 80.4 Å². The van der Waals surface area contributed by atoms with Gasteiger partial charge in [0.05, 0.1) is 17.6 Å². The molecule has 0 N–H and O–H groups in total. The maximum absolute atomic E-state index is 9.45. The van der Waals surface area contributed by atoms with Gasteiger partial charge in [-0.1, -0.05) is 80.5 Å². The molecule has 2 aromatic rings. The van der Waals surface area contributed by atoms with Crippen LogP contribution in [0.15, 0.2) is 83.6 Å². The summed E-state index contributed by atoms with van der Waals surface area (Å²) >= 11 is 0. The molecule has 1 saturated heterocycles. The SMILES string of the molecule is CC1CC(C#N)=CCC1C1C=CC=C(n2c3c(c4ccccc42)C=CC(N2C4=CCCC=C4C4CCCCC42)C3)C1. The fraction of sp³-hybridized carbons (Fsp3) is 0.447. The maximum atomic E-state index is 9.45. The van der Waals surface area contributed by atoms with E-state index < -0.39 is 0 Å². The molecule has 2 fully saturated rings. The zero-order chi connectivity index (χ0) is 27.5. The van der Waals surface area contributed by atoms with Crippen LogP contribution in [0.25, 0.3) is 22.7 Å². The van der Waals surface area contributed by atoms with Gasteiger partial charge < -0.3 is 9.47 Å². The molecule has 8 rings (SSSR count). The third kappa shape index (κ3) is 4.05. The lowest BCUT2D eigenvalue weighted by Crippen LogP contribution is -2.42. The van der Waals surface area contributed by atoms with Crippen molar-refractivity contribution in [3.05, 3.63) is 94.9 Å². The van der Waals surface area contributed by atoms with Gasteiger partial charge in [-0.15, -0.1) is 0 Å². The summed E-state index contributed by atoms with van der Waals surface area (Å²) in [4.78, 5) is 2.86. The zero-order valence-electron chi connectivity index (χ0n) is 24.3. The highest BCUT2D eigenvalue weighted by Gasteiger charge is 2.45. The first-order valence-corrected chi connectivity index (χ1v) is 16.2. The Morgan fingerprint density at radius 2 is 1.83 bits per heavy atom. The summed E-state index contributed by atoms with van der Waals surface area (Å²) in [6, 6.07) is 12.5. The largest absolute Gasteiger partial charge is 0.361 e. The van der Waals surface area contributed by atoms with Crippen LogP contribution in [0.2, 0.25) is 0 Å². The van der Waals surface area contributed by atoms with E-state index in [1.54, 1.807) is 11.3 Å².